The van der Waals surface area contributed by atoms with E-state index in [1.807, 2.05) is 18.2 Å². The molecule has 0 spiro atoms. The van der Waals surface area contributed by atoms with Crippen LogP contribution in [0.15, 0.2) is 47.0 Å². The molecule has 0 aliphatic heterocycles. The molecule has 0 fully saturated rings. The highest BCUT2D eigenvalue weighted by atomic mass is 35.5. The summed E-state index contributed by atoms with van der Waals surface area (Å²) in [5, 5.41) is 7.89. The van der Waals surface area contributed by atoms with Gasteiger partial charge in [-0.2, -0.15) is 0 Å². The van der Waals surface area contributed by atoms with Gasteiger partial charge >= 0.3 is 5.97 Å². The van der Waals surface area contributed by atoms with E-state index >= 15 is 0 Å². The lowest BCUT2D eigenvalue weighted by Crippen LogP contribution is -2.30. The molecule has 134 valence electrons. The lowest BCUT2D eigenvalue weighted by atomic mass is 10.2. The molecule has 1 aromatic heterocycles. The molecule has 6 nitrogen and oxygen atoms in total. The third kappa shape index (κ3) is 3.86. The smallest absolute Gasteiger partial charge is 0.312 e. The van der Waals surface area contributed by atoms with Gasteiger partial charge in [0.25, 0.3) is 5.91 Å². The number of ether oxygens (including phenoxy) is 1. The Labute approximate surface area is 155 Å². The number of nitrogens with one attached hydrogen (secondary N) is 1. The van der Waals surface area contributed by atoms with Gasteiger partial charge in [-0.1, -0.05) is 35.0 Å². The Morgan fingerprint density at radius 3 is 2.81 bits per heavy atom. The highest BCUT2D eigenvalue weighted by Crippen LogP contribution is 2.23. The van der Waals surface area contributed by atoms with Crippen molar-refractivity contribution in [2.24, 2.45) is 0 Å². The van der Waals surface area contributed by atoms with Gasteiger partial charge in [-0.05, 0) is 43.7 Å². The molecule has 0 aliphatic rings. The number of aromatic nitrogens is 1. The number of nitrogens with zero attached hydrogens (tertiary/aromatic N) is 1. The summed E-state index contributed by atoms with van der Waals surface area (Å²) in [7, 11) is 0. The normalized spacial score (nSPS) is 12.0. The maximum Gasteiger partial charge on any atom is 0.312 e. The summed E-state index contributed by atoms with van der Waals surface area (Å²) >= 11 is 6.04. The Kier molecular flexibility index (Phi) is 5.23. The highest BCUT2D eigenvalue weighted by molar-refractivity contribution is 6.31. The minimum absolute atomic E-state index is 0.0785. The van der Waals surface area contributed by atoms with Crippen molar-refractivity contribution in [3.8, 4) is 0 Å². The number of amides is 1. The first kappa shape index (κ1) is 17.9. The summed E-state index contributed by atoms with van der Waals surface area (Å²) in [4.78, 5) is 24.4. The van der Waals surface area contributed by atoms with Crippen LogP contribution in [0.3, 0.4) is 0 Å². The Balaban J connectivity index is 1.61. The number of anilines is 1. The van der Waals surface area contributed by atoms with Gasteiger partial charge < -0.3 is 14.6 Å². The molecular formula is C19H17ClN2O4. The van der Waals surface area contributed by atoms with Crippen molar-refractivity contribution in [3.63, 3.8) is 0 Å². The van der Waals surface area contributed by atoms with Gasteiger partial charge in [-0.15, -0.1) is 0 Å². The van der Waals surface area contributed by atoms with E-state index in [0.29, 0.717) is 22.0 Å². The molecule has 0 unspecified atom stereocenters. The van der Waals surface area contributed by atoms with E-state index < -0.39 is 18.0 Å². The standard InChI is InChI=1S/C19H17ClN2O4/c1-11-14(20)7-5-8-15(11)21-19(24)12(2)25-18(23)10-16-13-6-3-4-9-17(13)26-22-16/h3-9,12H,10H2,1-2H3,(H,21,24)/t12-/m1/s1. The second-order valence-corrected chi connectivity index (χ2v) is 6.24. The fourth-order valence-corrected chi connectivity index (χ4v) is 2.65. The molecule has 2 aromatic carbocycles. The minimum atomic E-state index is -0.959. The molecule has 0 saturated carbocycles. The number of esters is 1. The van der Waals surface area contributed by atoms with Crippen molar-refractivity contribution in [1.82, 2.24) is 5.16 Å². The largest absolute Gasteiger partial charge is 0.452 e. The fourth-order valence-electron chi connectivity index (χ4n) is 2.47. The zero-order chi connectivity index (χ0) is 18.7. The van der Waals surface area contributed by atoms with Crippen LogP contribution in [0.5, 0.6) is 0 Å². The van der Waals surface area contributed by atoms with Crippen molar-refractivity contribution in [1.29, 1.82) is 0 Å². The molecule has 1 atom stereocenters. The first-order valence-electron chi connectivity index (χ1n) is 8.04. The van der Waals surface area contributed by atoms with Crippen LogP contribution in [-0.4, -0.2) is 23.1 Å². The van der Waals surface area contributed by atoms with E-state index in [-0.39, 0.29) is 6.42 Å². The first-order chi connectivity index (χ1) is 12.5. The summed E-state index contributed by atoms with van der Waals surface area (Å²) in [6.45, 7) is 3.30. The van der Waals surface area contributed by atoms with Crippen LogP contribution in [0.4, 0.5) is 5.69 Å². The average Bonchev–Trinajstić information content (AvgIpc) is 3.02. The second kappa shape index (κ2) is 7.58. The van der Waals surface area contributed by atoms with Crippen LogP contribution < -0.4 is 5.32 Å². The van der Waals surface area contributed by atoms with Crippen LogP contribution in [0.25, 0.3) is 11.0 Å². The summed E-state index contributed by atoms with van der Waals surface area (Å²) in [6.07, 6.45) is -1.04. The number of rotatable bonds is 5. The molecule has 0 aliphatic carbocycles. The number of halogens is 1. The molecule has 7 heteroatoms. The average molecular weight is 373 g/mol. The molecular weight excluding hydrogens is 356 g/mol. The highest BCUT2D eigenvalue weighted by Gasteiger charge is 2.20. The topological polar surface area (TPSA) is 81.4 Å². The molecule has 1 heterocycles. The zero-order valence-corrected chi connectivity index (χ0v) is 15.0. The molecule has 0 bridgehead atoms. The van der Waals surface area contributed by atoms with Crippen LogP contribution >= 0.6 is 11.6 Å². The zero-order valence-electron chi connectivity index (χ0n) is 14.3. The predicted molar refractivity (Wildman–Crippen MR) is 98.1 cm³/mol. The molecule has 3 aromatic rings. The third-order valence-electron chi connectivity index (χ3n) is 3.97. The summed E-state index contributed by atoms with van der Waals surface area (Å²) in [5.41, 5.74) is 2.39. The predicted octanol–water partition coefficient (Wildman–Crippen LogP) is 3.90. The van der Waals surface area contributed by atoms with Crippen LogP contribution in [0.2, 0.25) is 5.02 Å². The Morgan fingerprint density at radius 2 is 2.00 bits per heavy atom. The molecule has 1 N–H and O–H groups in total. The van der Waals surface area contributed by atoms with E-state index in [4.69, 9.17) is 20.9 Å². The molecule has 0 saturated heterocycles. The molecule has 1 amide bonds. The summed E-state index contributed by atoms with van der Waals surface area (Å²) in [6, 6.07) is 12.4. The first-order valence-corrected chi connectivity index (χ1v) is 8.42. The monoisotopic (exact) mass is 372 g/mol. The van der Waals surface area contributed by atoms with E-state index in [1.54, 1.807) is 31.2 Å². The van der Waals surface area contributed by atoms with Gasteiger partial charge in [0.2, 0.25) is 0 Å². The van der Waals surface area contributed by atoms with Crippen LogP contribution in [0, 0.1) is 6.92 Å². The Bertz CT molecular complexity index is 967. The number of para-hydroxylation sites is 1. The number of benzene rings is 2. The van der Waals surface area contributed by atoms with Gasteiger partial charge in [0, 0.05) is 16.1 Å². The van der Waals surface area contributed by atoms with Crippen molar-refractivity contribution >= 4 is 40.1 Å². The number of fused-ring (bicyclic) bond motifs is 1. The van der Waals surface area contributed by atoms with Gasteiger partial charge in [-0.25, -0.2) is 0 Å². The SMILES string of the molecule is Cc1c(Cl)cccc1NC(=O)[C@@H](C)OC(=O)Cc1noc2ccccc12. The van der Waals surface area contributed by atoms with Gasteiger partial charge in [-0.3, -0.25) is 9.59 Å². The summed E-state index contributed by atoms with van der Waals surface area (Å²) < 4.78 is 10.4. The fraction of sp³-hybridized carbons (Fsp3) is 0.211. The lowest BCUT2D eigenvalue weighted by molar-refractivity contribution is -0.152. The second-order valence-electron chi connectivity index (χ2n) is 5.84. The van der Waals surface area contributed by atoms with Crippen molar-refractivity contribution in [3.05, 3.63) is 58.7 Å². The van der Waals surface area contributed by atoms with E-state index in [0.717, 1.165) is 10.9 Å². The quantitative estimate of drug-likeness (QED) is 0.687. The maximum absolute atomic E-state index is 12.3. The number of hydrogen-bond donors (Lipinski definition) is 1. The Morgan fingerprint density at radius 1 is 1.23 bits per heavy atom. The van der Waals surface area contributed by atoms with E-state index in [2.05, 4.69) is 10.5 Å². The third-order valence-corrected chi connectivity index (χ3v) is 4.38. The van der Waals surface area contributed by atoms with Crippen LogP contribution in [0.1, 0.15) is 18.2 Å². The van der Waals surface area contributed by atoms with Crippen molar-refractivity contribution in [2.45, 2.75) is 26.4 Å². The van der Waals surface area contributed by atoms with Crippen molar-refractivity contribution < 1.29 is 18.8 Å². The Hall–Kier alpha value is -2.86. The molecule has 26 heavy (non-hydrogen) atoms. The van der Waals surface area contributed by atoms with E-state index in [1.165, 1.54) is 6.92 Å². The minimum Gasteiger partial charge on any atom is -0.452 e. The lowest BCUT2D eigenvalue weighted by Gasteiger charge is -2.15. The van der Waals surface area contributed by atoms with Crippen LogP contribution in [-0.2, 0) is 20.7 Å². The van der Waals surface area contributed by atoms with Gasteiger partial charge in [0.05, 0.1) is 6.42 Å². The van der Waals surface area contributed by atoms with Crippen molar-refractivity contribution in [2.75, 3.05) is 5.32 Å². The number of hydrogen-bond acceptors (Lipinski definition) is 5. The number of carbonyl (C=O) groups excluding carboxylic acids is 2. The van der Waals surface area contributed by atoms with Gasteiger partial charge in [0.1, 0.15) is 5.69 Å². The molecule has 3 rings (SSSR count). The molecule has 0 radical (unpaired) electrons. The van der Waals surface area contributed by atoms with Gasteiger partial charge in [0.15, 0.2) is 11.7 Å². The van der Waals surface area contributed by atoms with E-state index in [9.17, 15) is 9.59 Å². The summed E-state index contributed by atoms with van der Waals surface area (Å²) in [5.74, 6) is -0.997. The maximum atomic E-state index is 12.3. The number of carbonyl (C=O) groups is 2.